The van der Waals surface area contributed by atoms with E-state index < -0.39 is 0 Å². The number of hydrogen-bond acceptors (Lipinski definition) is 0. The van der Waals surface area contributed by atoms with Crippen molar-refractivity contribution in [1.82, 2.24) is 0 Å². The van der Waals surface area contributed by atoms with E-state index >= 15 is 0 Å². The minimum Gasteiger partial charge on any atom is -0.0651 e. The Kier molecular flexibility index (Phi) is 5.15. The SMILES string of the molecule is CCC(C(C)C(C)C)C1CCCCC1C. The van der Waals surface area contributed by atoms with Crippen molar-refractivity contribution >= 4 is 0 Å². The van der Waals surface area contributed by atoms with Crippen LogP contribution in [0.4, 0.5) is 0 Å². The van der Waals surface area contributed by atoms with E-state index in [-0.39, 0.29) is 0 Å². The maximum atomic E-state index is 2.49. The maximum Gasteiger partial charge on any atom is -0.0358 e. The molecule has 0 spiro atoms. The molecule has 90 valence electrons. The minimum absolute atomic E-state index is 0.851. The zero-order valence-corrected chi connectivity index (χ0v) is 11.4. The molecule has 0 bridgehead atoms. The Hall–Kier alpha value is 0. The van der Waals surface area contributed by atoms with E-state index in [0.29, 0.717) is 0 Å². The van der Waals surface area contributed by atoms with Gasteiger partial charge in [-0.3, -0.25) is 0 Å². The smallest absolute Gasteiger partial charge is 0.0358 e. The van der Waals surface area contributed by atoms with Crippen molar-refractivity contribution < 1.29 is 0 Å². The molecule has 15 heavy (non-hydrogen) atoms. The lowest BCUT2D eigenvalue weighted by Crippen LogP contribution is -2.31. The molecule has 1 aliphatic rings. The zero-order chi connectivity index (χ0) is 11.4. The van der Waals surface area contributed by atoms with Crippen LogP contribution in [0.2, 0.25) is 0 Å². The molecule has 0 nitrogen and oxygen atoms in total. The molecule has 1 rings (SSSR count). The number of rotatable bonds is 4. The normalized spacial score (nSPS) is 31.6. The van der Waals surface area contributed by atoms with Gasteiger partial charge in [0.05, 0.1) is 0 Å². The molecule has 1 saturated carbocycles. The zero-order valence-electron chi connectivity index (χ0n) is 11.4. The summed E-state index contributed by atoms with van der Waals surface area (Å²) in [6.45, 7) is 12.1. The standard InChI is InChI=1S/C15H30/c1-6-14(13(5)11(2)3)15-10-8-7-9-12(15)4/h11-15H,6-10H2,1-5H3. The van der Waals surface area contributed by atoms with E-state index in [4.69, 9.17) is 0 Å². The molecule has 4 atom stereocenters. The summed E-state index contributed by atoms with van der Waals surface area (Å²) in [4.78, 5) is 0. The largest absolute Gasteiger partial charge is 0.0651 e. The molecule has 0 N–H and O–H groups in total. The molecule has 1 fully saturated rings. The summed E-state index contributed by atoms with van der Waals surface area (Å²) in [6.07, 6.45) is 7.32. The first-order valence-corrected chi connectivity index (χ1v) is 7.07. The second-order valence-electron chi connectivity index (χ2n) is 6.10. The summed E-state index contributed by atoms with van der Waals surface area (Å²) < 4.78 is 0. The van der Waals surface area contributed by atoms with Crippen LogP contribution in [0, 0.1) is 29.6 Å². The monoisotopic (exact) mass is 210 g/mol. The highest BCUT2D eigenvalue weighted by atomic mass is 14.4. The fourth-order valence-corrected chi connectivity index (χ4v) is 3.54. The average molecular weight is 210 g/mol. The molecule has 4 unspecified atom stereocenters. The van der Waals surface area contributed by atoms with Crippen LogP contribution in [0.3, 0.4) is 0 Å². The van der Waals surface area contributed by atoms with E-state index in [0.717, 1.165) is 29.6 Å². The Balaban J connectivity index is 2.63. The van der Waals surface area contributed by atoms with Crippen molar-refractivity contribution in [2.24, 2.45) is 29.6 Å². The van der Waals surface area contributed by atoms with Gasteiger partial charge in [0.1, 0.15) is 0 Å². The molecule has 0 heteroatoms. The second-order valence-corrected chi connectivity index (χ2v) is 6.10. The van der Waals surface area contributed by atoms with Crippen LogP contribution in [0.15, 0.2) is 0 Å². The first kappa shape index (κ1) is 13.1. The van der Waals surface area contributed by atoms with Crippen molar-refractivity contribution in [1.29, 1.82) is 0 Å². The van der Waals surface area contributed by atoms with Gasteiger partial charge in [-0.2, -0.15) is 0 Å². The van der Waals surface area contributed by atoms with E-state index in [1.165, 1.54) is 32.1 Å². The van der Waals surface area contributed by atoms with Gasteiger partial charge < -0.3 is 0 Å². The van der Waals surface area contributed by atoms with E-state index in [1.54, 1.807) is 0 Å². The third-order valence-corrected chi connectivity index (χ3v) is 4.93. The van der Waals surface area contributed by atoms with Crippen LogP contribution < -0.4 is 0 Å². The Morgan fingerprint density at radius 1 is 1.07 bits per heavy atom. The highest BCUT2D eigenvalue weighted by molar-refractivity contribution is 4.82. The lowest BCUT2D eigenvalue weighted by Gasteiger charge is -2.39. The Bertz CT molecular complexity index is 171. The summed E-state index contributed by atoms with van der Waals surface area (Å²) in [5.41, 5.74) is 0. The lowest BCUT2D eigenvalue weighted by atomic mass is 9.66. The van der Waals surface area contributed by atoms with Crippen LogP contribution >= 0.6 is 0 Å². The van der Waals surface area contributed by atoms with Gasteiger partial charge in [0, 0.05) is 0 Å². The molecule has 0 heterocycles. The van der Waals surface area contributed by atoms with Gasteiger partial charge in [-0.05, 0) is 36.0 Å². The highest BCUT2D eigenvalue weighted by Crippen LogP contribution is 2.41. The van der Waals surface area contributed by atoms with Gasteiger partial charge in [-0.25, -0.2) is 0 Å². The Labute approximate surface area is 96.8 Å². The number of hydrogen-bond donors (Lipinski definition) is 0. The van der Waals surface area contributed by atoms with Crippen LogP contribution in [-0.4, -0.2) is 0 Å². The molecule has 0 aliphatic heterocycles. The highest BCUT2D eigenvalue weighted by Gasteiger charge is 2.32. The van der Waals surface area contributed by atoms with Crippen molar-refractivity contribution in [2.75, 3.05) is 0 Å². The van der Waals surface area contributed by atoms with Gasteiger partial charge >= 0.3 is 0 Å². The molecular formula is C15H30. The van der Waals surface area contributed by atoms with Gasteiger partial charge in [-0.15, -0.1) is 0 Å². The topological polar surface area (TPSA) is 0 Å². The average Bonchev–Trinajstić information content (AvgIpc) is 2.21. The van der Waals surface area contributed by atoms with E-state index in [2.05, 4.69) is 34.6 Å². The summed E-state index contributed by atoms with van der Waals surface area (Å²) >= 11 is 0. The van der Waals surface area contributed by atoms with Gasteiger partial charge in [0.2, 0.25) is 0 Å². The summed E-state index contributed by atoms with van der Waals surface area (Å²) in [7, 11) is 0. The van der Waals surface area contributed by atoms with Crippen LogP contribution in [0.5, 0.6) is 0 Å². The molecule has 0 aromatic rings. The second kappa shape index (κ2) is 5.92. The molecule has 0 amide bonds. The Morgan fingerprint density at radius 2 is 1.67 bits per heavy atom. The lowest BCUT2D eigenvalue weighted by molar-refractivity contribution is 0.105. The molecule has 0 aromatic carbocycles. The van der Waals surface area contributed by atoms with Crippen LogP contribution in [-0.2, 0) is 0 Å². The predicted molar refractivity (Wildman–Crippen MR) is 68.9 cm³/mol. The fourth-order valence-electron chi connectivity index (χ4n) is 3.54. The van der Waals surface area contributed by atoms with Gasteiger partial charge in [-0.1, -0.05) is 60.3 Å². The molecule has 0 saturated heterocycles. The molecular weight excluding hydrogens is 180 g/mol. The summed E-state index contributed by atoms with van der Waals surface area (Å²) in [6, 6.07) is 0. The third kappa shape index (κ3) is 3.23. The van der Waals surface area contributed by atoms with E-state index in [1.807, 2.05) is 0 Å². The minimum atomic E-state index is 0.851. The van der Waals surface area contributed by atoms with Gasteiger partial charge in [0.25, 0.3) is 0 Å². The molecule has 0 radical (unpaired) electrons. The van der Waals surface area contributed by atoms with Crippen molar-refractivity contribution in [3.63, 3.8) is 0 Å². The Morgan fingerprint density at radius 3 is 2.13 bits per heavy atom. The van der Waals surface area contributed by atoms with Crippen molar-refractivity contribution in [2.45, 2.75) is 66.7 Å². The van der Waals surface area contributed by atoms with Crippen molar-refractivity contribution in [3.8, 4) is 0 Å². The third-order valence-electron chi connectivity index (χ3n) is 4.93. The van der Waals surface area contributed by atoms with Crippen molar-refractivity contribution in [3.05, 3.63) is 0 Å². The maximum absolute atomic E-state index is 2.49. The summed E-state index contributed by atoms with van der Waals surface area (Å²) in [5.74, 6) is 4.72. The predicted octanol–water partition coefficient (Wildman–Crippen LogP) is 5.13. The fraction of sp³-hybridized carbons (Fsp3) is 1.00. The van der Waals surface area contributed by atoms with Gasteiger partial charge in [0.15, 0.2) is 0 Å². The molecule has 1 aliphatic carbocycles. The first-order valence-electron chi connectivity index (χ1n) is 7.07. The van der Waals surface area contributed by atoms with Crippen LogP contribution in [0.1, 0.15) is 66.7 Å². The molecule has 0 aromatic heterocycles. The quantitative estimate of drug-likeness (QED) is 0.603. The first-order chi connectivity index (χ1) is 7.07. The summed E-state index contributed by atoms with van der Waals surface area (Å²) in [5, 5.41) is 0. The van der Waals surface area contributed by atoms with E-state index in [9.17, 15) is 0 Å². The van der Waals surface area contributed by atoms with Crippen LogP contribution in [0.25, 0.3) is 0 Å².